The van der Waals surface area contributed by atoms with Gasteiger partial charge in [-0.3, -0.25) is 18.9 Å². The van der Waals surface area contributed by atoms with Crippen molar-refractivity contribution >= 4 is 32.7 Å². The van der Waals surface area contributed by atoms with Crippen LogP contribution in [0.5, 0.6) is 0 Å². The number of nitrogens with two attached hydrogens (primary N) is 1. The molecule has 3 unspecified atom stereocenters. The Balaban J connectivity index is 1.51. The molecular formula is C14H20N7O10P2+. The van der Waals surface area contributed by atoms with E-state index in [0.29, 0.717) is 4.34 Å². The largest absolute Gasteiger partial charge is 0.480 e. The molecule has 4 heterocycles. The molecular weight excluding hydrogens is 488 g/mol. The van der Waals surface area contributed by atoms with Crippen molar-refractivity contribution in [3.63, 3.8) is 0 Å². The van der Waals surface area contributed by atoms with Gasteiger partial charge in [-0.2, -0.15) is 4.31 Å². The van der Waals surface area contributed by atoms with E-state index >= 15 is 0 Å². The van der Waals surface area contributed by atoms with Crippen LogP contribution >= 0.6 is 15.6 Å². The topological polar surface area (TPSA) is 241 Å². The van der Waals surface area contributed by atoms with Gasteiger partial charge in [0.1, 0.15) is 24.6 Å². The number of hydrogen-bond acceptors (Lipinski definition) is 11. The molecule has 0 aromatic carbocycles. The summed E-state index contributed by atoms with van der Waals surface area (Å²) in [6, 6.07) is 0. The van der Waals surface area contributed by atoms with Crippen LogP contribution < -0.4 is 15.9 Å². The number of ether oxygens (including phenoxy) is 1. The van der Waals surface area contributed by atoms with Crippen molar-refractivity contribution in [2.24, 2.45) is 7.05 Å². The van der Waals surface area contributed by atoms with Gasteiger partial charge in [0.25, 0.3) is 11.5 Å². The first kappa shape index (κ1) is 23.7. The summed E-state index contributed by atoms with van der Waals surface area (Å²) < 4.78 is 42.1. The molecule has 7 N–H and O–H groups in total. The van der Waals surface area contributed by atoms with Crippen LogP contribution in [-0.2, 0) is 29.7 Å². The highest BCUT2D eigenvalue weighted by atomic mass is 31.3. The number of aromatic nitrogens is 6. The maximum absolute atomic E-state index is 12.2. The molecule has 6 atom stereocenters. The van der Waals surface area contributed by atoms with Gasteiger partial charge in [-0.1, -0.05) is 4.98 Å². The Bertz CT molecular complexity index is 1320. The molecule has 1 aliphatic heterocycles. The third-order valence-corrected chi connectivity index (χ3v) is 7.77. The predicted molar refractivity (Wildman–Crippen MR) is 106 cm³/mol. The van der Waals surface area contributed by atoms with Gasteiger partial charge in [0.2, 0.25) is 11.7 Å². The minimum atomic E-state index is -5.11. The number of aryl methyl sites for hydroxylation is 1. The molecule has 180 valence electrons. The Hall–Kier alpha value is -2.46. The molecule has 1 aliphatic rings. The third kappa shape index (κ3) is 4.50. The fourth-order valence-electron chi connectivity index (χ4n) is 3.32. The van der Waals surface area contributed by atoms with Gasteiger partial charge in [-0.15, -0.1) is 0 Å². The SMILES string of the molecule is Cn1c[n+]([C@@H]2O[C@H](COP(=O)(O)OP(=O)(O)n3ccnc3)C(O)[C@@H]2O)c2nc(N)[nH]c(=O)c21. The number of anilines is 1. The second kappa shape index (κ2) is 8.39. The molecule has 0 amide bonds. The van der Waals surface area contributed by atoms with Crippen molar-refractivity contribution in [1.29, 1.82) is 0 Å². The number of nitrogen functional groups attached to an aromatic ring is 1. The number of phosphoric acid groups is 1. The zero-order valence-electron chi connectivity index (χ0n) is 16.8. The molecule has 0 bridgehead atoms. The highest BCUT2D eigenvalue weighted by molar-refractivity contribution is 7.63. The van der Waals surface area contributed by atoms with Crippen molar-refractivity contribution < 1.29 is 47.3 Å². The Morgan fingerprint density at radius 1 is 1.33 bits per heavy atom. The first-order valence-corrected chi connectivity index (χ1v) is 12.2. The summed E-state index contributed by atoms with van der Waals surface area (Å²) >= 11 is 0. The summed E-state index contributed by atoms with van der Waals surface area (Å²) in [7, 11) is -8.37. The van der Waals surface area contributed by atoms with Gasteiger partial charge in [0.05, 0.1) is 13.7 Å². The van der Waals surface area contributed by atoms with Crippen molar-refractivity contribution in [3.8, 4) is 0 Å². The van der Waals surface area contributed by atoms with E-state index < -0.39 is 52.3 Å². The number of H-pyrrole nitrogens is 1. The van der Waals surface area contributed by atoms with E-state index in [4.69, 9.17) is 15.0 Å². The number of fused-ring (bicyclic) bond motifs is 1. The quantitative estimate of drug-likeness (QED) is 0.146. The molecule has 0 aliphatic carbocycles. The van der Waals surface area contributed by atoms with Crippen LogP contribution in [0.4, 0.5) is 5.95 Å². The van der Waals surface area contributed by atoms with Crippen LogP contribution in [0, 0.1) is 0 Å². The number of nitrogens with one attached hydrogen (secondary N) is 1. The minimum absolute atomic E-state index is 0.0503. The summed E-state index contributed by atoms with van der Waals surface area (Å²) in [6.07, 6.45) is -1.33. The van der Waals surface area contributed by atoms with Crippen LogP contribution in [0.15, 0.2) is 29.8 Å². The third-order valence-electron chi connectivity index (χ3n) is 4.79. The number of imidazole rings is 2. The summed E-state index contributed by atoms with van der Waals surface area (Å²) in [5.41, 5.74) is 5.21. The normalized spacial score (nSPS) is 26.9. The van der Waals surface area contributed by atoms with Gasteiger partial charge in [-0.05, 0) is 0 Å². The lowest BCUT2D eigenvalue weighted by Gasteiger charge is -2.19. The molecule has 1 fully saturated rings. The van der Waals surface area contributed by atoms with Crippen LogP contribution in [0.2, 0.25) is 0 Å². The predicted octanol–water partition coefficient (Wildman–Crippen LogP) is -2.27. The molecule has 3 aromatic rings. The standard InChI is InChI=1S/C14H19N7O10P2/c1-19-6-21(11-8(19)12(24)18-14(15)17-11)13-10(23)9(22)7(30-13)4-29-33(27,28)31-32(25,26)20-3-2-16-5-20/h2-3,5-7,9-10,13,22-23H,4H2,1H3,(H4-,15,17,18,24,25,26,27,28)/p+1/t7-,9?,10+,13-/m1/s1. The van der Waals surface area contributed by atoms with Crippen molar-refractivity contribution in [1.82, 2.24) is 23.9 Å². The fraction of sp³-hybridized carbons (Fsp3) is 0.429. The first-order chi connectivity index (χ1) is 15.4. The van der Waals surface area contributed by atoms with Gasteiger partial charge < -0.3 is 30.5 Å². The van der Waals surface area contributed by atoms with Crippen LogP contribution in [0.25, 0.3) is 11.2 Å². The summed E-state index contributed by atoms with van der Waals surface area (Å²) in [5.74, 6) is -0.190. The van der Waals surface area contributed by atoms with Crippen molar-refractivity contribution in [3.05, 3.63) is 35.4 Å². The van der Waals surface area contributed by atoms with Crippen LogP contribution in [-0.4, -0.2) is 68.8 Å². The van der Waals surface area contributed by atoms with Gasteiger partial charge >= 0.3 is 21.2 Å². The molecule has 0 saturated carbocycles. The molecule has 4 rings (SSSR count). The van der Waals surface area contributed by atoms with E-state index in [2.05, 4.69) is 19.3 Å². The molecule has 17 nitrogen and oxygen atoms in total. The lowest BCUT2D eigenvalue weighted by molar-refractivity contribution is -0.745. The van der Waals surface area contributed by atoms with E-state index in [1.807, 2.05) is 0 Å². The van der Waals surface area contributed by atoms with E-state index in [0.717, 1.165) is 18.7 Å². The number of phosphoric ester groups is 1. The second-order valence-corrected chi connectivity index (χ2v) is 10.4. The smallest absolute Gasteiger partial charge is 0.387 e. The molecule has 33 heavy (non-hydrogen) atoms. The number of aliphatic hydroxyl groups is 2. The second-order valence-electron chi connectivity index (χ2n) is 7.08. The number of aliphatic hydroxyl groups excluding tert-OH is 2. The van der Waals surface area contributed by atoms with Crippen molar-refractivity contribution in [2.75, 3.05) is 12.3 Å². The summed E-state index contributed by atoms with van der Waals surface area (Å²) in [4.78, 5) is 41.7. The maximum atomic E-state index is 12.2. The zero-order valence-corrected chi connectivity index (χ0v) is 18.6. The maximum Gasteiger partial charge on any atom is 0.480 e. The number of hydrogen-bond donors (Lipinski definition) is 6. The first-order valence-electron chi connectivity index (χ1n) is 9.17. The Labute approximate surface area is 183 Å². The van der Waals surface area contributed by atoms with Gasteiger partial charge in [-0.25, -0.2) is 23.0 Å². The molecule has 0 spiro atoms. The van der Waals surface area contributed by atoms with Crippen LogP contribution in [0.3, 0.4) is 0 Å². The number of aromatic amines is 1. The fourth-order valence-corrected chi connectivity index (χ4v) is 5.68. The number of rotatable bonds is 7. The van der Waals surface area contributed by atoms with Crippen molar-refractivity contribution in [2.45, 2.75) is 24.5 Å². The number of nitrogens with zero attached hydrogens (tertiary/aromatic N) is 5. The van der Waals surface area contributed by atoms with Gasteiger partial charge in [0.15, 0.2) is 6.33 Å². The highest BCUT2D eigenvalue weighted by Gasteiger charge is 2.48. The van der Waals surface area contributed by atoms with E-state index in [9.17, 15) is 33.9 Å². The molecule has 0 radical (unpaired) electrons. The Morgan fingerprint density at radius 2 is 2.06 bits per heavy atom. The average molecular weight is 508 g/mol. The lowest BCUT2D eigenvalue weighted by atomic mass is 10.1. The van der Waals surface area contributed by atoms with Gasteiger partial charge in [0, 0.05) is 12.4 Å². The Kier molecular flexibility index (Phi) is 6.03. The van der Waals surface area contributed by atoms with E-state index in [1.54, 1.807) is 0 Å². The molecule has 1 saturated heterocycles. The lowest BCUT2D eigenvalue weighted by Crippen LogP contribution is -2.46. The van der Waals surface area contributed by atoms with E-state index in [-0.39, 0.29) is 17.1 Å². The monoisotopic (exact) mass is 508 g/mol. The summed E-state index contributed by atoms with van der Waals surface area (Å²) in [5, 5.41) is 20.8. The zero-order chi connectivity index (χ0) is 24.1. The highest BCUT2D eigenvalue weighted by Crippen LogP contribution is 2.60. The molecule has 3 aromatic heterocycles. The van der Waals surface area contributed by atoms with Crippen LogP contribution in [0.1, 0.15) is 6.23 Å². The molecule has 19 heteroatoms. The Morgan fingerprint density at radius 3 is 2.73 bits per heavy atom. The van der Waals surface area contributed by atoms with E-state index in [1.165, 1.54) is 22.5 Å². The summed E-state index contributed by atoms with van der Waals surface area (Å²) in [6.45, 7) is -0.798. The average Bonchev–Trinajstić information content (AvgIpc) is 3.41. The minimum Gasteiger partial charge on any atom is -0.387 e.